The van der Waals surface area contributed by atoms with Gasteiger partial charge in [-0.2, -0.15) is 9.61 Å². The lowest BCUT2D eigenvalue weighted by molar-refractivity contribution is 0.627. The molecular weight excluding hydrogens is 387 g/mol. The highest BCUT2D eigenvalue weighted by Crippen LogP contribution is 2.32. The monoisotopic (exact) mass is 402 g/mol. The van der Waals surface area contributed by atoms with Crippen molar-refractivity contribution in [2.45, 2.75) is 12.8 Å². The lowest BCUT2D eigenvalue weighted by Gasteiger charge is -2.11. The van der Waals surface area contributed by atoms with Crippen molar-refractivity contribution in [1.82, 2.24) is 29.8 Å². The average molecular weight is 402 g/mol. The fourth-order valence-electron chi connectivity index (χ4n) is 3.18. The molecule has 1 atom stereocenters. The Balaban J connectivity index is 1.49. The van der Waals surface area contributed by atoms with Crippen LogP contribution in [0, 0.1) is 5.82 Å². The van der Waals surface area contributed by atoms with Gasteiger partial charge in [0.1, 0.15) is 16.5 Å². The molecule has 0 bridgehead atoms. The van der Waals surface area contributed by atoms with Gasteiger partial charge >= 0.3 is 0 Å². The number of rotatable bonds is 4. The van der Waals surface area contributed by atoms with Crippen LogP contribution in [0.1, 0.15) is 23.4 Å². The molecule has 0 fully saturated rings. The van der Waals surface area contributed by atoms with Gasteiger partial charge in [0.25, 0.3) is 0 Å². The Morgan fingerprint density at radius 3 is 2.66 bits per heavy atom. The molecule has 0 aliphatic heterocycles. The molecule has 0 radical (unpaired) electrons. The maximum Gasteiger partial charge on any atom is 0.235 e. The predicted octanol–water partition coefficient (Wildman–Crippen LogP) is 4.60. The van der Waals surface area contributed by atoms with Crippen molar-refractivity contribution in [1.29, 1.82) is 0 Å². The van der Waals surface area contributed by atoms with Crippen LogP contribution in [0.15, 0.2) is 67.1 Å². The van der Waals surface area contributed by atoms with Crippen LogP contribution >= 0.6 is 11.3 Å². The van der Waals surface area contributed by atoms with Crippen molar-refractivity contribution < 1.29 is 4.39 Å². The zero-order valence-corrected chi connectivity index (χ0v) is 16.2. The smallest absolute Gasteiger partial charge is 0.235 e. The molecule has 29 heavy (non-hydrogen) atoms. The van der Waals surface area contributed by atoms with Gasteiger partial charge in [0, 0.05) is 23.9 Å². The zero-order chi connectivity index (χ0) is 19.8. The molecule has 0 unspecified atom stereocenters. The molecule has 5 aromatic rings. The molecule has 0 aliphatic rings. The highest BCUT2D eigenvalue weighted by Gasteiger charge is 2.20. The number of fused-ring (bicyclic) bond motifs is 1. The van der Waals surface area contributed by atoms with Gasteiger partial charge in [-0.1, -0.05) is 60.7 Å². The molecule has 6 nitrogen and oxygen atoms in total. The van der Waals surface area contributed by atoms with Crippen LogP contribution in [0.5, 0.6) is 0 Å². The van der Waals surface area contributed by atoms with Crippen LogP contribution in [0.25, 0.3) is 27.6 Å². The molecule has 142 valence electrons. The van der Waals surface area contributed by atoms with E-state index in [9.17, 15) is 4.39 Å². The topological polar surface area (TPSA) is 68.9 Å². The summed E-state index contributed by atoms with van der Waals surface area (Å²) in [6.07, 6.45) is 4.82. The largest absolute Gasteiger partial charge is 0.261 e. The maximum atomic E-state index is 14.8. The van der Waals surface area contributed by atoms with E-state index in [0.29, 0.717) is 22.0 Å². The summed E-state index contributed by atoms with van der Waals surface area (Å²) < 4.78 is 16.4. The zero-order valence-electron chi connectivity index (χ0n) is 15.4. The minimum atomic E-state index is -0.246. The number of hydrogen-bond donors (Lipinski definition) is 0. The summed E-state index contributed by atoms with van der Waals surface area (Å²) in [5.74, 6) is 0.202. The second-order valence-corrected chi connectivity index (χ2v) is 7.56. The van der Waals surface area contributed by atoms with Crippen LogP contribution in [-0.2, 0) is 0 Å². The van der Waals surface area contributed by atoms with Gasteiger partial charge in [-0.25, -0.2) is 9.37 Å². The molecule has 5 rings (SSSR count). The van der Waals surface area contributed by atoms with Gasteiger partial charge < -0.3 is 0 Å². The van der Waals surface area contributed by atoms with Crippen molar-refractivity contribution in [3.05, 3.63) is 83.5 Å². The average Bonchev–Trinajstić information content (AvgIpc) is 3.35. The van der Waals surface area contributed by atoms with E-state index in [1.165, 1.54) is 11.3 Å². The molecule has 0 aliphatic carbocycles. The minimum Gasteiger partial charge on any atom is -0.261 e. The van der Waals surface area contributed by atoms with Gasteiger partial charge in [0.2, 0.25) is 10.8 Å². The lowest BCUT2D eigenvalue weighted by Crippen LogP contribution is -2.00. The van der Waals surface area contributed by atoms with E-state index in [4.69, 9.17) is 0 Å². The number of halogens is 1. The number of aromatic nitrogens is 6. The molecule has 3 heterocycles. The molecule has 0 N–H and O–H groups in total. The van der Waals surface area contributed by atoms with Crippen molar-refractivity contribution in [3.8, 4) is 22.6 Å². The summed E-state index contributed by atoms with van der Waals surface area (Å²) >= 11 is 1.43. The van der Waals surface area contributed by atoms with E-state index in [2.05, 4.69) is 25.3 Å². The molecule has 0 saturated heterocycles. The van der Waals surface area contributed by atoms with Gasteiger partial charge in [0.15, 0.2) is 0 Å². The molecule has 3 aromatic heterocycles. The standard InChI is InChI=1S/C21H15FN6S/c1-13(15-7-8-16(17(22)11-15)14-5-3-2-4-6-14)20-27-28-19(25-26-21(28)29-20)18-12-23-9-10-24-18/h2-13H,1H3/t13-/m1/s1. The third-order valence-electron chi connectivity index (χ3n) is 4.75. The van der Waals surface area contributed by atoms with E-state index < -0.39 is 0 Å². The van der Waals surface area contributed by atoms with Crippen molar-refractivity contribution in [2.75, 3.05) is 0 Å². The summed E-state index contributed by atoms with van der Waals surface area (Å²) in [5.41, 5.74) is 2.90. The van der Waals surface area contributed by atoms with E-state index >= 15 is 0 Å². The lowest BCUT2D eigenvalue weighted by atomic mass is 9.97. The van der Waals surface area contributed by atoms with Gasteiger partial charge in [0.05, 0.1) is 6.20 Å². The van der Waals surface area contributed by atoms with Crippen molar-refractivity contribution in [3.63, 3.8) is 0 Å². The first-order valence-electron chi connectivity index (χ1n) is 9.04. The molecular formula is C21H15FN6S. The fourth-order valence-corrected chi connectivity index (χ4v) is 4.09. The molecule has 0 amide bonds. The van der Waals surface area contributed by atoms with Crippen LogP contribution in [0.3, 0.4) is 0 Å². The Morgan fingerprint density at radius 2 is 1.90 bits per heavy atom. The van der Waals surface area contributed by atoms with E-state index in [1.54, 1.807) is 29.2 Å². The third kappa shape index (κ3) is 3.17. The van der Waals surface area contributed by atoms with E-state index in [1.807, 2.05) is 49.4 Å². The summed E-state index contributed by atoms with van der Waals surface area (Å²) in [7, 11) is 0. The summed E-state index contributed by atoms with van der Waals surface area (Å²) in [5, 5.41) is 13.8. The van der Waals surface area contributed by atoms with E-state index in [0.717, 1.165) is 16.1 Å². The highest BCUT2D eigenvalue weighted by atomic mass is 32.1. The highest BCUT2D eigenvalue weighted by molar-refractivity contribution is 7.16. The first kappa shape index (κ1) is 17.6. The van der Waals surface area contributed by atoms with Gasteiger partial charge in [-0.15, -0.1) is 10.2 Å². The first-order chi connectivity index (χ1) is 14.2. The van der Waals surface area contributed by atoms with Gasteiger partial charge in [-0.05, 0) is 17.2 Å². The Kier molecular flexibility index (Phi) is 4.33. The molecule has 0 spiro atoms. The second-order valence-electron chi connectivity index (χ2n) is 6.58. The SMILES string of the molecule is C[C@H](c1ccc(-c2ccccc2)c(F)c1)c1nn2c(-c3cnccn3)nnc2s1. The minimum absolute atomic E-state index is 0.0873. The number of hydrogen-bond acceptors (Lipinski definition) is 6. The van der Waals surface area contributed by atoms with Gasteiger partial charge in [-0.3, -0.25) is 4.98 Å². The normalized spacial score (nSPS) is 12.3. The van der Waals surface area contributed by atoms with Crippen LogP contribution in [0.4, 0.5) is 4.39 Å². The number of nitrogens with zero attached hydrogens (tertiary/aromatic N) is 6. The van der Waals surface area contributed by atoms with Crippen LogP contribution in [-0.4, -0.2) is 29.8 Å². The fraction of sp³-hybridized carbons (Fsp3) is 0.0952. The van der Waals surface area contributed by atoms with Crippen LogP contribution < -0.4 is 0 Å². The van der Waals surface area contributed by atoms with E-state index in [-0.39, 0.29) is 11.7 Å². The predicted molar refractivity (Wildman–Crippen MR) is 109 cm³/mol. The molecule has 2 aromatic carbocycles. The van der Waals surface area contributed by atoms with Crippen LogP contribution in [0.2, 0.25) is 0 Å². The summed E-state index contributed by atoms with van der Waals surface area (Å²) in [6, 6.07) is 14.9. The van der Waals surface area contributed by atoms with Crippen molar-refractivity contribution in [2.24, 2.45) is 0 Å². The summed E-state index contributed by atoms with van der Waals surface area (Å²) in [6.45, 7) is 2.00. The molecule has 8 heteroatoms. The maximum absolute atomic E-state index is 14.8. The Hall–Kier alpha value is -3.52. The number of benzene rings is 2. The Bertz CT molecular complexity index is 1280. The first-order valence-corrected chi connectivity index (χ1v) is 9.86. The molecule has 0 saturated carbocycles. The third-order valence-corrected chi connectivity index (χ3v) is 5.83. The Labute approximate surface area is 169 Å². The van der Waals surface area contributed by atoms with Crippen molar-refractivity contribution >= 4 is 16.3 Å². The quantitative estimate of drug-likeness (QED) is 0.439. The Morgan fingerprint density at radius 1 is 1.03 bits per heavy atom. The summed E-state index contributed by atoms with van der Waals surface area (Å²) in [4.78, 5) is 8.99. The second kappa shape index (κ2) is 7.14.